The first-order valence-electron chi connectivity index (χ1n) is 9.01. The van der Waals surface area contributed by atoms with E-state index in [9.17, 15) is 31.5 Å². The van der Waals surface area contributed by atoms with Gasteiger partial charge in [-0.05, 0) is 25.8 Å². The van der Waals surface area contributed by atoms with Gasteiger partial charge in [-0.3, -0.25) is 4.79 Å². The van der Waals surface area contributed by atoms with Gasteiger partial charge in [0.25, 0.3) is 5.91 Å². The topological polar surface area (TPSA) is 76.7 Å². The Morgan fingerprint density at radius 2 is 2.07 bits per heavy atom. The van der Waals surface area contributed by atoms with Gasteiger partial charge in [0.15, 0.2) is 6.10 Å². The van der Waals surface area contributed by atoms with Gasteiger partial charge >= 0.3 is 12.3 Å². The number of rotatable bonds is 4. The maximum Gasteiger partial charge on any atom is 0.408 e. The summed E-state index contributed by atoms with van der Waals surface area (Å²) in [6.45, 7) is 0.584. The quantitative estimate of drug-likeness (QED) is 0.536. The number of hydrogen-bond acceptors (Lipinski definition) is 4. The van der Waals surface area contributed by atoms with E-state index in [1.807, 2.05) is 0 Å². The number of nitrogens with one attached hydrogen (secondary N) is 2. The molecule has 1 aromatic rings. The highest BCUT2D eigenvalue weighted by Gasteiger charge is 2.49. The molecule has 0 radical (unpaired) electrons. The van der Waals surface area contributed by atoms with Crippen LogP contribution >= 0.6 is 11.6 Å². The Bertz CT molecular complexity index is 843. The number of benzene rings is 1. The van der Waals surface area contributed by atoms with Crippen LogP contribution in [-0.4, -0.2) is 43.0 Å². The highest BCUT2D eigenvalue weighted by Crippen LogP contribution is 2.44. The first-order chi connectivity index (χ1) is 13.9. The molecule has 0 aromatic heterocycles. The zero-order valence-electron chi connectivity index (χ0n) is 15.6. The summed E-state index contributed by atoms with van der Waals surface area (Å²) in [5, 5.41) is 3.92. The van der Waals surface area contributed by atoms with Crippen LogP contribution in [0.5, 0.6) is 0 Å². The van der Waals surface area contributed by atoms with E-state index < -0.39 is 65.1 Å². The van der Waals surface area contributed by atoms with Crippen molar-refractivity contribution in [2.45, 2.75) is 43.7 Å². The molecule has 2 N–H and O–H groups in total. The molecule has 30 heavy (non-hydrogen) atoms. The number of alkyl carbamates (subject to hydrolysis) is 1. The Morgan fingerprint density at radius 3 is 2.60 bits per heavy atom. The van der Waals surface area contributed by atoms with E-state index in [1.165, 1.54) is 6.92 Å². The van der Waals surface area contributed by atoms with Crippen LogP contribution in [0.1, 0.15) is 31.4 Å². The van der Waals surface area contributed by atoms with Gasteiger partial charge in [0.2, 0.25) is 0 Å². The zero-order valence-corrected chi connectivity index (χ0v) is 16.4. The summed E-state index contributed by atoms with van der Waals surface area (Å²) in [6, 6.07) is 0.587. The molecule has 1 unspecified atom stereocenters. The smallest absolute Gasteiger partial charge is 0.408 e. The van der Waals surface area contributed by atoms with E-state index in [2.05, 4.69) is 10.6 Å². The second-order valence-electron chi connectivity index (χ2n) is 7.38. The van der Waals surface area contributed by atoms with Gasteiger partial charge in [-0.15, -0.1) is 0 Å². The third-order valence-electron chi connectivity index (χ3n) is 5.31. The highest BCUT2D eigenvalue weighted by molar-refractivity contribution is 6.31. The lowest BCUT2D eigenvalue weighted by Crippen LogP contribution is -2.52. The first-order valence-corrected chi connectivity index (χ1v) is 9.39. The fraction of sp³-hybridized carbons (Fsp3) is 0.556. The van der Waals surface area contributed by atoms with E-state index in [0.29, 0.717) is 0 Å². The van der Waals surface area contributed by atoms with Gasteiger partial charge in [0.05, 0.1) is 30.7 Å². The van der Waals surface area contributed by atoms with Gasteiger partial charge in [-0.1, -0.05) is 17.7 Å². The van der Waals surface area contributed by atoms with Crippen molar-refractivity contribution in [3.05, 3.63) is 34.4 Å². The molecule has 3 rings (SSSR count). The van der Waals surface area contributed by atoms with E-state index in [-0.39, 0.29) is 24.9 Å². The van der Waals surface area contributed by atoms with E-state index >= 15 is 0 Å². The van der Waals surface area contributed by atoms with E-state index in [1.54, 1.807) is 0 Å². The van der Waals surface area contributed by atoms with Gasteiger partial charge < -0.3 is 20.1 Å². The predicted molar refractivity (Wildman–Crippen MR) is 93.7 cm³/mol. The molecule has 6 nitrogen and oxygen atoms in total. The number of halogens is 6. The lowest BCUT2D eigenvalue weighted by atomic mass is 9.81. The Labute approximate surface area is 173 Å². The molecule has 0 saturated carbocycles. The maximum atomic E-state index is 14.7. The number of carbonyl (C=O) groups is 2. The predicted octanol–water partition coefficient (Wildman–Crippen LogP) is 3.63. The molecule has 0 aliphatic carbocycles. The number of hydrogen-bond donors (Lipinski definition) is 2. The SMILES string of the molecule is C[C@@]1(C(NC(=O)[C@@H]2CNC(=O)O2)c2ccc(F)c(Cl)c2F)CC[C@@H](C(F)(F)F)CO1. The lowest BCUT2D eigenvalue weighted by molar-refractivity contribution is -0.226. The van der Waals surface area contributed by atoms with Crippen molar-refractivity contribution < 1.29 is 41.0 Å². The molecular formula is C18H18ClF5N2O4. The summed E-state index contributed by atoms with van der Waals surface area (Å²) in [6.07, 6.45) is -7.01. The average Bonchev–Trinajstić information content (AvgIpc) is 3.11. The van der Waals surface area contributed by atoms with Crippen LogP contribution in [0.4, 0.5) is 26.7 Å². The summed E-state index contributed by atoms with van der Waals surface area (Å²) >= 11 is 5.65. The molecule has 0 spiro atoms. The minimum Gasteiger partial charge on any atom is -0.434 e. The summed E-state index contributed by atoms with van der Waals surface area (Å²) in [4.78, 5) is 23.7. The van der Waals surface area contributed by atoms with Crippen molar-refractivity contribution in [3.8, 4) is 0 Å². The molecule has 2 aliphatic heterocycles. The van der Waals surface area contributed by atoms with Crippen molar-refractivity contribution in [2.75, 3.05) is 13.2 Å². The van der Waals surface area contributed by atoms with Gasteiger partial charge in [0.1, 0.15) is 16.7 Å². The maximum absolute atomic E-state index is 14.7. The van der Waals surface area contributed by atoms with Crippen molar-refractivity contribution in [1.82, 2.24) is 10.6 Å². The number of ether oxygens (including phenoxy) is 2. The van der Waals surface area contributed by atoms with Crippen molar-refractivity contribution in [1.29, 1.82) is 0 Å². The van der Waals surface area contributed by atoms with Crippen LogP contribution in [0.3, 0.4) is 0 Å². The van der Waals surface area contributed by atoms with E-state index in [0.717, 1.165) is 12.1 Å². The lowest BCUT2D eigenvalue weighted by Gasteiger charge is -2.43. The summed E-state index contributed by atoms with van der Waals surface area (Å²) in [5.74, 6) is -4.74. The third kappa shape index (κ3) is 4.46. The molecule has 1 aromatic carbocycles. The normalized spacial score (nSPS) is 27.9. The van der Waals surface area contributed by atoms with Crippen molar-refractivity contribution >= 4 is 23.6 Å². The second kappa shape index (κ2) is 8.18. The van der Waals surface area contributed by atoms with Crippen LogP contribution in [0, 0.1) is 17.6 Å². The van der Waals surface area contributed by atoms with Gasteiger partial charge in [0, 0.05) is 5.56 Å². The standard InChI is InChI=1S/C18H18ClF5N2O4/c1-17(5-4-8(7-29-17)18(22,23)24)14(9-2-3-10(20)12(19)13(9)21)26-15(27)11-6-25-16(28)30-11/h2-3,8,11,14H,4-7H2,1H3,(H,25,28)(H,26,27)/t8-,11+,14?,17+/m1/s1. The van der Waals surface area contributed by atoms with E-state index in [4.69, 9.17) is 21.1 Å². The summed E-state index contributed by atoms with van der Waals surface area (Å²) in [5.41, 5.74) is -1.73. The fourth-order valence-corrected chi connectivity index (χ4v) is 3.66. The number of carbonyl (C=O) groups excluding carboxylic acids is 2. The molecule has 12 heteroatoms. The molecule has 2 amide bonds. The van der Waals surface area contributed by atoms with Crippen LogP contribution < -0.4 is 10.6 Å². The average molecular weight is 457 g/mol. The Morgan fingerprint density at radius 1 is 1.37 bits per heavy atom. The molecule has 2 heterocycles. The molecule has 166 valence electrons. The fourth-order valence-electron chi connectivity index (χ4n) is 3.49. The highest BCUT2D eigenvalue weighted by atomic mass is 35.5. The zero-order chi connectivity index (χ0) is 22.3. The Hall–Kier alpha value is -2.14. The van der Waals surface area contributed by atoms with Crippen LogP contribution in [0.25, 0.3) is 0 Å². The first kappa shape index (κ1) is 22.5. The van der Waals surface area contributed by atoms with Crippen LogP contribution in [-0.2, 0) is 14.3 Å². The summed E-state index contributed by atoms with van der Waals surface area (Å²) in [7, 11) is 0. The van der Waals surface area contributed by atoms with Crippen molar-refractivity contribution in [2.24, 2.45) is 5.92 Å². The third-order valence-corrected chi connectivity index (χ3v) is 5.66. The molecule has 2 fully saturated rings. The number of alkyl halides is 3. The van der Waals surface area contributed by atoms with Crippen LogP contribution in [0.2, 0.25) is 5.02 Å². The molecule has 4 atom stereocenters. The minimum atomic E-state index is -4.46. The Balaban J connectivity index is 1.91. The minimum absolute atomic E-state index is 0.141. The van der Waals surface area contributed by atoms with Crippen LogP contribution in [0.15, 0.2) is 12.1 Å². The monoisotopic (exact) mass is 456 g/mol. The van der Waals surface area contributed by atoms with Gasteiger partial charge in [-0.25, -0.2) is 13.6 Å². The van der Waals surface area contributed by atoms with Crippen molar-refractivity contribution in [3.63, 3.8) is 0 Å². The Kier molecular flexibility index (Phi) is 6.15. The number of amides is 2. The molecule has 2 saturated heterocycles. The molecule has 2 aliphatic rings. The molecular weight excluding hydrogens is 439 g/mol. The molecule has 0 bridgehead atoms. The van der Waals surface area contributed by atoms with Gasteiger partial charge in [-0.2, -0.15) is 13.2 Å². The number of cyclic esters (lactones) is 1. The second-order valence-corrected chi connectivity index (χ2v) is 7.76. The summed E-state index contributed by atoms with van der Waals surface area (Å²) < 4.78 is 77.6. The largest absolute Gasteiger partial charge is 0.434 e.